The van der Waals surface area contributed by atoms with Crippen LogP contribution in [-0.2, 0) is 7.05 Å². The van der Waals surface area contributed by atoms with E-state index in [-0.39, 0.29) is 18.1 Å². The van der Waals surface area contributed by atoms with E-state index >= 15 is 0 Å². The van der Waals surface area contributed by atoms with Gasteiger partial charge in [-0.05, 0) is 51.3 Å². The lowest BCUT2D eigenvalue weighted by Gasteiger charge is -2.23. The van der Waals surface area contributed by atoms with Crippen LogP contribution in [0.5, 0.6) is 5.88 Å². The summed E-state index contributed by atoms with van der Waals surface area (Å²) in [6.45, 7) is 5.77. The Morgan fingerprint density at radius 3 is 2.93 bits per heavy atom. The number of amides is 1. The minimum Gasteiger partial charge on any atom is -0.474 e. The van der Waals surface area contributed by atoms with Crippen molar-refractivity contribution in [3.63, 3.8) is 0 Å². The minimum absolute atomic E-state index is 0.128. The highest BCUT2D eigenvalue weighted by Gasteiger charge is 2.27. The van der Waals surface area contributed by atoms with Crippen LogP contribution in [0.4, 0.5) is 0 Å². The summed E-state index contributed by atoms with van der Waals surface area (Å²) in [6.07, 6.45) is 7.27. The first-order valence-electron chi connectivity index (χ1n) is 9.80. The fraction of sp³-hybridized carbons (Fsp3) is 0.550. The molecule has 0 bridgehead atoms. The van der Waals surface area contributed by atoms with E-state index in [1.165, 1.54) is 0 Å². The van der Waals surface area contributed by atoms with E-state index in [0.717, 1.165) is 50.6 Å². The van der Waals surface area contributed by atoms with Gasteiger partial charge < -0.3 is 15.4 Å². The molecule has 0 spiro atoms. The molecule has 2 atom stereocenters. The Balaban J connectivity index is 1.53. The van der Waals surface area contributed by atoms with Crippen molar-refractivity contribution in [2.75, 3.05) is 13.1 Å². The second kappa shape index (κ2) is 7.68. The van der Waals surface area contributed by atoms with E-state index in [9.17, 15) is 4.79 Å². The van der Waals surface area contributed by atoms with Crippen molar-refractivity contribution in [1.82, 2.24) is 25.4 Å². The number of carbonyl (C=O) groups is 1. The van der Waals surface area contributed by atoms with Crippen molar-refractivity contribution in [2.45, 2.75) is 44.2 Å². The number of nitrogens with one attached hydrogen (secondary N) is 2. The molecular formula is C20H27N5O2. The van der Waals surface area contributed by atoms with Crippen LogP contribution in [0, 0.1) is 5.92 Å². The summed E-state index contributed by atoms with van der Waals surface area (Å²) in [5, 5.41) is 11.6. The molecule has 2 aromatic rings. The van der Waals surface area contributed by atoms with Crippen molar-refractivity contribution >= 4 is 16.9 Å². The summed E-state index contributed by atoms with van der Waals surface area (Å²) in [5.74, 6) is 0.820. The van der Waals surface area contributed by atoms with Crippen molar-refractivity contribution in [2.24, 2.45) is 13.0 Å². The molecule has 2 aliphatic rings. The van der Waals surface area contributed by atoms with E-state index < -0.39 is 0 Å². The zero-order valence-electron chi connectivity index (χ0n) is 15.8. The maximum Gasteiger partial charge on any atom is 0.272 e. The molecule has 0 aromatic carbocycles. The first-order valence-corrected chi connectivity index (χ1v) is 9.80. The monoisotopic (exact) mass is 369 g/mol. The maximum absolute atomic E-state index is 12.7. The fourth-order valence-corrected chi connectivity index (χ4v) is 4.09. The summed E-state index contributed by atoms with van der Waals surface area (Å²) in [6, 6.07) is 3.92. The van der Waals surface area contributed by atoms with Crippen LogP contribution in [0.25, 0.3) is 11.0 Å². The van der Waals surface area contributed by atoms with Crippen LogP contribution in [0.3, 0.4) is 0 Å². The Kier molecular flexibility index (Phi) is 5.11. The van der Waals surface area contributed by atoms with Crippen molar-refractivity contribution in [1.29, 1.82) is 0 Å². The molecule has 7 heteroatoms. The van der Waals surface area contributed by atoms with E-state index in [0.29, 0.717) is 23.1 Å². The van der Waals surface area contributed by atoms with Gasteiger partial charge >= 0.3 is 0 Å². The second-order valence-corrected chi connectivity index (χ2v) is 7.48. The van der Waals surface area contributed by atoms with E-state index in [1.807, 2.05) is 25.3 Å². The van der Waals surface area contributed by atoms with Gasteiger partial charge in [0.25, 0.3) is 5.91 Å². The van der Waals surface area contributed by atoms with Crippen LogP contribution in [0.2, 0.25) is 0 Å². The first-order chi connectivity index (χ1) is 13.2. The third kappa shape index (κ3) is 3.69. The van der Waals surface area contributed by atoms with Crippen molar-refractivity contribution in [3.8, 4) is 5.88 Å². The summed E-state index contributed by atoms with van der Waals surface area (Å²) in [5.41, 5.74) is 1.09. The van der Waals surface area contributed by atoms with Crippen molar-refractivity contribution < 1.29 is 9.53 Å². The predicted octanol–water partition coefficient (Wildman–Crippen LogP) is 2.18. The molecule has 2 unspecified atom stereocenters. The highest BCUT2D eigenvalue weighted by Crippen LogP contribution is 2.30. The quantitative estimate of drug-likeness (QED) is 0.790. The van der Waals surface area contributed by atoms with Gasteiger partial charge in [-0.3, -0.25) is 4.79 Å². The molecule has 2 N–H and O–H groups in total. The Labute approximate surface area is 159 Å². The Hall–Kier alpha value is -2.41. The SMILES string of the molecule is C=CC1CCCC1Oc1ccc2c(C(=O)NC3CCNCC3)nn(C)c2n1. The van der Waals surface area contributed by atoms with Crippen LogP contribution < -0.4 is 15.4 Å². The normalized spacial score (nSPS) is 23.4. The van der Waals surface area contributed by atoms with Gasteiger partial charge in [0.2, 0.25) is 5.88 Å². The number of fused-ring (bicyclic) bond motifs is 1. The van der Waals surface area contributed by atoms with Gasteiger partial charge in [-0.2, -0.15) is 10.1 Å². The Morgan fingerprint density at radius 2 is 2.15 bits per heavy atom. The molecule has 27 heavy (non-hydrogen) atoms. The van der Waals surface area contributed by atoms with Crippen LogP contribution >= 0.6 is 0 Å². The standard InChI is InChI=1S/C20H27N5O2/c1-3-13-5-4-6-16(13)27-17-8-7-15-18(24-25(2)19(15)23-17)20(26)22-14-9-11-21-12-10-14/h3,7-8,13-14,16,21H,1,4-6,9-12H2,2H3,(H,22,26). The maximum atomic E-state index is 12.7. The Bertz CT molecular complexity index is 840. The van der Waals surface area contributed by atoms with Crippen LogP contribution in [0.15, 0.2) is 24.8 Å². The number of pyridine rings is 1. The predicted molar refractivity (Wildman–Crippen MR) is 104 cm³/mol. The largest absolute Gasteiger partial charge is 0.474 e. The minimum atomic E-state index is -0.134. The van der Waals surface area contributed by atoms with Gasteiger partial charge in [0, 0.05) is 25.1 Å². The lowest BCUT2D eigenvalue weighted by Crippen LogP contribution is -2.42. The number of piperidine rings is 1. The molecule has 4 rings (SSSR count). The van der Waals surface area contributed by atoms with Gasteiger partial charge in [0.05, 0.1) is 5.39 Å². The molecule has 1 saturated carbocycles. The van der Waals surface area contributed by atoms with Crippen LogP contribution in [0.1, 0.15) is 42.6 Å². The molecule has 3 heterocycles. The second-order valence-electron chi connectivity index (χ2n) is 7.48. The van der Waals surface area contributed by atoms with Crippen LogP contribution in [-0.4, -0.2) is 45.9 Å². The summed E-state index contributed by atoms with van der Waals surface area (Å²) in [7, 11) is 1.81. The third-order valence-electron chi connectivity index (χ3n) is 5.63. The number of aryl methyl sites for hydroxylation is 1. The highest BCUT2D eigenvalue weighted by molar-refractivity contribution is 6.04. The summed E-state index contributed by atoms with van der Waals surface area (Å²) >= 11 is 0. The average Bonchev–Trinajstić information content (AvgIpc) is 3.27. The lowest BCUT2D eigenvalue weighted by molar-refractivity contribution is 0.0925. The molecule has 1 amide bonds. The van der Waals surface area contributed by atoms with Gasteiger partial charge in [-0.15, -0.1) is 6.58 Å². The Morgan fingerprint density at radius 1 is 1.33 bits per heavy atom. The molecule has 0 radical (unpaired) electrons. The highest BCUT2D eigenvalue weighted by atomic mass is 16.5. The van der Waals surface area contributed by atoms with E-state index in [1.54, 1.807) is 4.68 Å². The first kappa shape index (κ1) is 18.0. The molecule has 1 aliphatic carbocycles. The van der Waals surface area contributed by atoms with Gasteiger partial charge in [0.1, 0.15) is 6.10 Å². The summed E-state index contributed by atoms with van der Waals surface area (Å²) < 4.78 is 7.75. The van der Waals surface area contributed by atoms with Gasteiger partial charge in [-0.25, -0.2) is 4.68 Å². The number of hydrogen-bond donors (Lipinski definition) is 2. The van der Waals surface area contributed by atoms with Gasteiger partial charge in [0.15, 0.2) is 11.3 Å². The fourth-order valence-electron chi connectivity index (χ4n) is 4.09. The van der Waals surface area contributed by atoms with Gasteiger partial charge in [-0.1, -0.05) is 6.08 Å². The number of ether oxygens (including phenoxy) is 1. The number of nitrogens with zero attached hydrogens (tertiary/aromatic N) is 3. The number of hydrogen-bond acceptors (Lipinski definition) is 5. The van der Waals surface area contributed by atoms with Crippen molar-refractivity contribution in [3.05, 3.63) is 30.5 Å². The molecule has 144 valence electrons. The lowest BCUT2D eigenvalue weighted by atomic mass is 10.1. The van der Waals surface area contributed by atoms with E-state index in [2.05, 4.69) is 27.3 Å². The molecule has 1 saturated heterocycles. The molecule has 1 aliphatic heterocycles. The molecule has 2 fully saturated rings. The summed E-state index contributed by atoms with van der Waals surface area (Å²) in [4.78, 5) is 17.3. The van der Waals surface area contributed by atoms with E-state index in [4.69, 9.17) is 4.74 Å². The topological polar surface area (TPSA) is 81.1 Å². The molecule has 7 nitrogen and oxygen atoms in total. The molecular weight excluding hydrogens is 342 g/mol. The third-order valence-corrected chi connectivity index (χ3v) is 5.63. The zero-order valence-corrected chi connectivity index (χ0v) is 15.8. The molecule has 2 aromatic heterocycles. The average molecular weight is 369 g/mol. The number of carbonyl (C=O) groups excluding carboxylic acids is 1. The smallest absolute Gasteiger partial charge is 0.272 e. The zero-order chi connectivity index (χ0) is 18.8. The number of rotatable bonds is 5. The number of aromatic nitrogens is 3.